The lowest BCUT2D eigenvalue weighted by molar-refractivity contribution is -0.384. The van der Waals surface area contributed by atoms with Gasteiger partial charge in [-0.15, -0.1) is 0 Å². The molecule has 2 rings (SSSR count). The minimum Gasteiger partial charge on any atom is -0.508 e. The van der Waals surface area contributed by atoms with Crippen molar-refractivity contribution in [1.82, 2.24) is 0 Å². The normalized spacial score (nSPS) is 10.1. The van der Waals surface area contributed by atoms with E-state index in [1.165, 1.54) is 24.3 Å². The highest BCUT2D eigenvalue weighted by molar-refractivity contribution is 7.81. The monoisotopic (exact) mass is 306 g/mol. The molecule has 0 saturated heterocycles. The fourth-order valence-corrected chi connectivity index (χ4v) is 1.92. The Kier molecular flexibility index (Phi) is 3.90. The molecule has 2 aromatic carbocycles. The summed E-state index contributed by atoms with van der Waals surface area (Å²) in [6.07, 6.45) is 0. The van der Waals surface area contributed by atoms with Crippen LogP contribution in [0.4, 0.5) is 11.4 Å². The predicted molar refractivity (Wildman–Crippen MR) is 79.9 cm³/mol. The second-order valence-electron chi connectivity index (χ2n) is 4.11. The average molecular weight is 306 g/mol. The number of nitrogens with zero attached hydrogens (tertiary/aromatic N) is 1. The lowest BCUT2D eigenvalue weighted by atomic mass is 10.1. The molecule has 0 fully saturated rings. The van der Waals surface area contributed by atoms with Crippen LogP contribution in [0.15, 0.2) is 36.4 Å². The van der Waals surface area contributed by atoms with E-state index in [1.807, 2.05) is 0 Å². The van der Waals surface area contributed by atoms with Gasteiger partial charge in [-0.05, 0) is 18.2 Å². The molecule has 0 atom stereocenters. The van der Waals surface area contributed by atoms with Crippen LogP contribution in [0.25, 0.3) is 0 Å². The van der Waals surface area contributed by atoms with Crippen molar-refractivity contribution in [1.29, 1.82) is 0 Å². The largest absolute Gasteiger partial charge is 0.508 e. The van der Waals surface area contributed by atoms with Gasteiger partial charge in [-0.25, -0.2) is 0 Å². The molecule has 108 valence electrons. The Morgan fingerprint density at radius 2 is 1.81 bits per heavy atom. The fraction of sp³-hybridized carbons (Fsp3) is 0. The zero-order valence-corrected chi connectivity index (χ0v) is 11.3. The first-order chi connectivity index (χ1) is 9.88. The van der Waals surface area contributed by atoms with Crippen molar-refractivity contribution in [3.8, 4) is 17.2 Å². The highest BCUT2D eigenvalue weighted by atomic mass is 32.1. The molecule has 0 radical (unpaired) electrons. The number of nitrogens with one attached hydrogen (secondary N) is 1. The van der Waals surface area contributed by atoms with Crippen LogP contribution in [0.2, 0.25) is 0 Å². The van der Waals surface area contributed by atoms with E-state index in [1.54, 1.807) is 0 Å². The van der Waals surface area contributed by atoms with Gasteiger partial charge >= 0.3 is 0 Å². The smallest absolute Gasteiger partial charge is 0.273 e. The topological polar surface area (TPSA) is 116 Å². The summed E-state index contributed by atoms with van der Waals surface area (Å²) >= 11 is 5.08. The summed E-state index contributed by atoms with van der Waals surface area (Å²) in [4.78, 5) is 10.0. The third kappa shape index (κ3) is 3.18. The van der Waals surface area contributed by atoms with E-state index in [4.69, 9.17) is 12.2 Å². The number of nitro benzene ring substituents is 1. The summed E-state index contributed by atoms with van der Waals surface area (Å²) < 4.78 is 0. The minimum absolute atomic E-state index is 0.0941. The lowest BCUT2D eigenvalue weighted by Gasteiger charge is -2.11. The summed E-state index contributed by atoms with van der Waals surface area (Å²) in [5, 5.41) is 41.9. The van der Waals surface area contributed by atoms with Crippen LogP contribution in [0.5, 0.6) is 17.2 Å². The molecule has 21 heavy (non-hydrogen) atoms. The van der Waals surface area contributed by atoms with E-state index >= 15 is 0 Å². The molecule has 0 bridgehead atoms. The van der Waals surface area contributed by atoms with Crippen LogP contribution in [-0.4, -0.2) is 25.2 Å². The molecule has 0 aliphatic rings. The van der Waals surface area contributed by atoms with Crippen LogP contribution >= 0.6 is 12.2 Å². The van der Waals surface area contributed by atoms with Crippen LogP contribution in [0.1, 0.15) is 5.56 Å². The van der Waals surface area contributed by atoms with Gasteiger partial charge in [0.2, 0.25) is 0 Å². The number of nitro groups is 1. The number of thiocarbonyl (C=S) groups is 1. The maximum Gasteiger partial charge on any atom is 0.273 e. The number of aromatic hydroxyl groups is 3. The van der Waals surface area contributed by atoms with Crippen LogP contribution in [0.3, 0.4) is 0 Å². The molecule has 0 spiro atoms. The first-order valence-corrected chi connectivity index (χ1v) is 6.10. The van der Waals surface area contributed by atoms with E-state index in [9.17, 15) is 25.4 Å². The van der Waals surface area contributed by atoms with Crippen LogP contribution in [-0.2, 0) is 0 Å². The number of hydrogen-bond acceptors (Lipinski definition) is 6. The van der Waals surface area contributed by atoms with Gasteiger partial charge in [-0.2, -0.15) is 0 Å². The third-order valence-corrected chi connectivity index (χ3v) is 2.99. The SMILES string of the molecule is O=[N+]([O-])c1ccc(NC(=S)c2ccc(O)cc2O)c(O)c1. The van der Waals surface area contributed by atoms with Crippen molar-refractivity contribution in [2.45, 2.75) is 0 Å². The quantitative estimate of drug-likeness (QED) is 0.298. The van der Waals surface area contributed by atoms with Gasteiger partial charge in [-0.1, -0.05) is 12.2 Å². The molecule has 0 unspecified atom stereocenters. The van der Waals surface area contributed by atoms with Crippen molar-refractivity contribution in [2.75, 3.05) is 5.32 Å². The Bertz CT molecular complexity index is 732. The van der Waals surface area contributed by atoms with E-state index in [-0.39, 0.29) is 39.2 Å². The molecule has 0 saturated carbocycles. The molecular formula is C13H10N2O5S. The maximum absolute atomic E-state index is 10.6. The fourth-order valence-electron chi connectivity index (χ4n) is 1.64. The number of rotatable bonds is 3. The molecule has 7 nitrogen and oxygen atoms in total. The van der Waals surface area contributed by atoms with Crippen LogP contribution in [0, 0.1) is 10.1 Å². The molecule has 0 aliphatic heterocycles. The van der Waals surface area contributed by atoms with Crippen LogP contribution < -0.4 is 5.32 Å². The van der Waals surface area contributed by atoms with Gasteiger partial charge < -0.3 is 20.6 Å². The minimum atomic E-state index is -0.631. The van der Waals surface area contributed by atoms with Gasteiger partial charge in [0, 0.05) is 12.1 Å². The van der Waals surface area contributed by atoms with E-state index in [0.717, 1.165) is 12.1 Å². The number of benzene rings is 2. The van der Waals surface area contributed by atoms with Gasteiger partial charge in [0.25, 0.3) is 5.69 Å². The Balaban J connectivity index is 2.25. The van der Waals surface area contributed by atoms with Crippen molar-refractivity contribution >= 4 is 28.6 Å². The maximum atomic E-state index is 10.6. The van der Waals surface area contributed by atoms with Gasteiger partial charge in [-0.3, -0.25) is 10.1 Å². The molecular weight excluding hydrogens is 296 g/mol. The summed E-state index contributed by atoms with van der Waals surface area (Å²) in [5.41, 5.74) is 0.162. The first kappa shape index (κ1) is 14.5. The van der Waals surface area contributed by atoms with Crippen molar-refractivity contribution in [2.24, 2.45) is 0 Å². The zero-order chi connectivity index (χ0) is 15.6. The molecule has 0 aliphatic carbocycles. The molecule has 0 aromatic heterocycles. The summed E-state index contributed by atoms with van der Waals surface area (Å²) in [6, 6.07) is 7.38. The van der Waals surface area contributed by atoms with E-state index in [0.29, 0.717) is 0 Å². The summed E-state index contributed by atoms with van der Waals surface area (Å²) in [6.45, 7) is 0. The predicted octanol–water partition coefficient (Wildman–Crippen LogP) is 2.50. The van der Waals surface area contributed by atoms with E-state index < -0.39 is 4.92 Å². The Morgan fingerprint density at radius 1 is 1.10 bits per heavy atom. The lowest BCUT2D eigenvalue weighted by Crippen LogP contribution is -2.10. The van der Waals surface area contributed by atoms with Crippen molar-refractivity contribution < 1.29 is 20.2 Å². The number of anilines is 1. The standard InChI is InChI=1S/C13H10N2O5S/c16-8-2-3-9(11(17)6-8)13(21)14-10-4-1-7(15(19)20)5-12(10)18/h1-6,16-18H,(H,14,21). The van der Waals surface area contributed by atoms with Gasteiger partial charge in [0.15, 0.2) is 0 Å². The third-order valence-electron chi connectivity index (χ3n) is 2.67. The molecule has 8 heteroatoms. The summed E-state index contributed by atoms with van der Waals surface area (Å²) in [5.74, 6) is -0.684. The second kappa shape index (κ2) is 5.63. The molecule has 2 aromatic rings. The zero-order valence-electron chi connectivity index (χ0n) is 10.5. The highest BCUT2D eigenvalue weighted by Crippen LogP contribution is 2.30. The number of phenolic OH excluding ortho intramolecular Hbond substituents is 3. The van der Waals surface area contributed by atoms with Crippen molar-refractivity contribution in [3.63, 3.8) is 0 Å². The molecule has 4 N–H and O–H groups in total. The molecule has 0 heterocycles. The van der Waals surface area contributed by atoms with Gasteiger partial charge in [0.05, 0.1) is 22.2 Å². The average Bonchev–Trinajstić information content (AvgIpc) is 2.40. The van der Waals surface area contributed by atoms with E-state index in [2.05, 4.69) is 5.32 Å². The Labute approximate surface area is 124 Å². The second-order valence-corrected chi connectivity index (χ2v) is 4.52. The number of hydrogen-bond donors (Lipinski definition) is 4. The van der Waals surface area contributed by atoms with Crippen molar-refractivity contribution in [3.05, 3.63) is 52.1 Å². The number of non-ortho nitro benzene ring substituents is 1. The Hall–Kier alpha value is -2.87. The Morgan fingerprint density at radius 3 is 2.38 bits per heavy atom. The van der Waals surface area contributed by atoms with Gasteiger partial charge in [0.1, 0.15) is 22.2 Å². The number of phenols is 3. The summed E-state index contributed by atoms with van der Waals surface area (Å²) in [7, 11) is 0. The highest BCUT2D eigenvalue weighted by Gasteiger charge is 2.13. The molecule has 0 amide bonds. The first-order valence-electron chi connectivity index (χ1n) is 5.69.